The van der Waals surface area contributed by atoms with Crippen LogP contribution < -0.4 is 16.0 Å². The molecule has 3 N–H and O–H groups in total. The third kappa shape index (κ3) is 7.12. The number of hydrogen-bond donors (Lipinski definition) is 3. The molecule has 3 amide bonds. The molecule has 3 rings (SSSR count). The molecule has 2 aromatic rings. The number of hydrogen-bond acceptors (Lipinski definition) is 4. The number of likely N-dealkylation sites (tertiary alicyclic amines) is 1. The topological polar surface area (TPSA) is 90.5 Å². The van der Waals surface area contributed by atoms with Gasteiger partial charge >= 0.3 is 0 Å². The highest BCUT2D eigenvalue weighted by Crippen LogP contribution is 2.18. The van der Waals surface area contributed by atoms with E-state index >= 15 is 0 Å². The van der Waals surface area contributed by atoms with Gasteiger partial charge in [-0.2, -0.15) is 0 Å². The molecule has 1 heterocycles. The Morgan fingerprint density at radius 2 is 1.82 bits per heavy atom. The van der Waals surface area contributed by atoms with Gasteiger partial charge in [0, 0.05) is 30.3 Å². The molecule has 0 bridgehead atoms. The molecule has 176 valence electrons. The summed E-state index contributed by atoms with van der Waals surface area (Å²) in [5.74, 6) is -0.770. The fourth-order valence-corrected chi connectivity index (χ4v) is 3.84. The summed E-state index contributed by atoms with van der Waals surface area (Å²) in [6.45, 7) is 5.90. The first kappa shape index (κ1) is 24.4. The van der Waals surface area contributed by atoms with Gasteiger partial charge in [0.05, 0.1) is 6.54 Å². The van der Waals surface area contributed by atoms with E-state index in [1.807, 2.05) is 17.9 Å². The van der Waals surface area contributed by atoms with Crippen LogP contribution in [0, 0.1) is 18.7 Å². The van der Waals surface area contributed by atoms with Gasteiger partial charge in [0.1, 0.15) is 5.82 Å². The van der Waals surface area contributed by atoms with Crippen LogP contribution in [-0.4, -0.2) is 48.8 Å². The Morgan fingerprint density at radius 1 is 1.06 bits per heavy atom. The van der Waals surface area contributed by atoms with Gasteiger partial charge in [0.15, 0.2) is 0 Å². The van der Waals surface area contributed by atoms with E-state index in [0.717, 1.165) is 5.56 Å². The maximum absolute atomic E-state index is 13.7. The van der Waals surface area contributed by atoms with Crippen LogP contribution in [0.5, 0.6) is 0 Å². The summed E-state index contributed by atoms with van der Waals surface area (Å²) < 4.78 is 13.7. The lowest BCUT2D eigenvalue weighted by molar-refractivity contribution is -0.126. The van der Waals surface area contributed by atoms with Crippen molar-refractivity contribution >= 4 is 23.4 Å². The molecule has 1 aliphatic heterocycles. The zero-order chi connectivity index (χ0) is 23.8. The maximum Gasteiger partial charge on any atom is 0.251 e. The molecule has 33 heavy (non-hydrogen) atoms. The number of aryl methyl sites for hydroxylation is 1. The Hall–Kier alpha value is -3.26. The lowest BCUT2D eigenvalue weighted by Gasteiger charge is -2.30. The monoisotopic (exact) mass is 454 g/mol. The van der Waals surface area contributed by atoms with Crippen molar-refractivity contribution in [1.29, 1.82) is 0 Å². The minimum absolute atomic E-state index is 0.0396. The number of carbonyl (C=O) groups excluding carboxylic acids is 3. The highest BCUT2D eigenvalue weighted by atomic mass is 19.1. The first-order valence-electron chi connectivity index (χ1n) is 11.3. The summed E-state index contributed by atoms with van der Waals surface area (Å²) in [7, 11) is 0. The number of rotatable bonds is 8. The van der Waals surface area contributed by atoms with Crippen LogP contribution in [0.1, 0.15) is 41.3 Å². The number of benzene rings is 2. The average Bonchev–Trinajstić information content (AvgIpc) is 2.80. The van der Waals surface area contributed by atoms with E-state index in [-0.39, 0.29) is 36.0 Å². The molecule has 0 radical (unpaired) electrons. The van der Waals surface area contributed by atoms with Crippen LogP contribution in [0.25, 0.3) is 0 Å². The molecular formula is C25H31FN4O3. The maximum atomic E-state index is 13.7. The van der Waals surface area contributed by atoms with Crippen LogP contribution in [0.4, 0.5) is 10.1 Å². The second kappa shape index (κ2) is 11.6. The number of piperidine rings is 1. The fraction of sp³-hybridized carbons (Fsp3) is 0.400. The molecule has 7 nitrogen and oxygen atoms in total. The normalized spacial score (nSPS) is 14.5. The second-order valence-electron chi connectivity index (χ2n) is 8.34. The van der Waals surface area contributed by atoms with Crippen molar-refractivity contribution in [3.63, 3.8) is 0 Å². The number of nitrogens with one attached hydrogen (secondary N) is 3. The van der Waals surface area contributed by atoms with Crippen LogP contribution in [0.2, 0.25) is 0 Å². The zero-order valence-corrected chi connectivity index (χ0v) is 19.1. The van der Waals surface area contributed by atoms with E-state index < -0.39 is 0 Å². The molecule has 0 aromatic heterocycles. The van der Waals surface area contributed by atoms with E-state index in [0.29, 0.717) is 55.8 Å². The van der Waals surface area contributed by atoms with Crippen molar-refractivity contribution < 1.29 is 18.8 Å². The largest absolute Gasteiger partial charge is 0.352 e. The van der Waals surface area contributed by atoms with Crippen LogP contribution in [0.3, 0.4) is 0 Å². The van der Waals surface area contributed by atoms with Gasteiger partial charge in [-0.1, -0.05) is 18.2 Å². The van der Waals surface area contributed by atoms with Crippen LogP contribution >= 0.6 is 0 Å². The Balaban J connectivity index is 1.42. The summed E-state index contributed by atoms with van der Waals surface area (Å²) in [6.07, 6.45) is 1.32. The van der Waals surface area contributed by atoms with Crippen molar-refractivity contribution in [2.45, 2.75) is 33.2 Å². The highest BCUT2D eigenvalue weighted by molar-refractivity contribution is 5.97. The molecule has 1 fully saturated rings. The predicted molar refractivity (Wildman–Crippen MR) is 125 cm³/mol. The molecule has 0 saturated carbocycles. The Morgan fingerprint density at radius 3 is 2.52 bits per heavy atom. The molecule has 0 spiro atoms. The van der Waals surface area contributed by atoms with E-state index in [2.05, 4.69) is 16.0 Å². The quantitative estimate of drug-likeness (QED) is 0.572. The van der Waals surface area contributed by atoms with Crippen LogP contribution in [0.15, 0.2) is 42.5 Å². The van der Waals surface area contributed by atoms with Gasteiger partial charge in [-0.15, -0.1) is 0 Å². The van der Waals surface area contributed by atoms with Gasteiger partial charge < -0.3 is 16.0 Å². The summed E-state index contributed by atoms with van der Waals surface area (Å²) >= 11 is 0. The summed E-state index contributed by atoms with van der Waals surface area (Å²) in [4.78, 5) is 38.9. The van der Waals surface area contributed by atoms with Crippen LogP contribution in [-0.2, 0) is 16.1 Å². The number of amides is 3. The van der Waals surface area contributed by atoms with Gasteiger partial charge in [-0.25, -0.2) is 4.39 Å². The van der Waals surface area contributed by atoms with Crippen molar-refractivity contribution in [2.75, 3.05) is 31.5 Å². The fourth-order valence-electron chi connectivity index (χ4n) is 3.84. The average molecular weight is 455 g/mol. The smallest absolute Gasteiger partial charge is 0.251 e. The van der Waals surface area contributed by atoms with Gasteiger partial charge in [0.25, 0.3) is 5.91 Å². The third-order valence-corrected chi connectivity index (χ3v) is 5.77. The lowest BCUT2D eigenvalue weighted by Crippen LogP contribution is -2.43. The first-order valence-corrected chi connectivity index (χ1v) is 11.3. The molecule has 8 heteroatoms. The van der Waals surface area contributed by atoms with Crippen molar-refractivity contribution in [2.24, 2.45) is 5.92 Å². The molecule has 1 saturated heterocycles. The zero-order valence-electron chi connectivity index (χ0n) is 19.1. The molecular weight excluding hydrogens is 423 g/mol. The van der Waals surface area contributed by atoms with Gasteiger partial charge in [-0.05, 0) is 75.2 Å². The number of anilines is 1. The minimum atomic E-state index is -0.274. The Bertz CT molecular complexity index is 1000. The first-order chi connectivity index (χ1) is 15.9. The van der Waals surface area contributed by atoms with E-state index in [1.54, 1.807) is 37.3 Å². The Kier molecular flexibility index (Phi) is 8.54. The predicted octanol–water partition coefficient (Wildman–Crippen LogP) is 2.85. The Labute approximate surface area is 193 Å². The summed E-state index contributed by atoms with van der Waals surface area (Å²) in [5.41, 5.74) is 2.38. The lowest BCUT2D eigenvalue weighted by atomic mass is 9.95. The number of halogens is 1. The minimum Gasteiger partial charge on any atom is -0.352 e. The number of nitrogens with zero attached hydrogens (tertiary/aromatic N) is 1. The molecule has 1 aliphatic rings. The standard InChI is InChI=1S/C25H31FN4O3/c1-3-27-25(33)20-5-4-6-21(14-20)29-23(31)16-30-11-9-19(10-12-30)24(32)28-15-18-8-7-17(2)22(26)13-18/h4-8,13-14,19H,3,9-12,15-16H2,1-2H3,(H,27,33)(H,28,32)(H,29,31). The summed E-state index contributed by atoms with van der Waals surface area (Å²) in [6, 6.07) is 11.8. The van der Waals surface area contributed by atoms with Crippen molar-refractivity contribution in [1.82, 2.24) is 15.5 Å². The van der Waals surface area contributed by atoms with Crippen molar-refractivity contribution in [3.05, 3.63) is 65.0 Å². The third-order valence-electron chi connectivity index (χ3n) is 5.77. The van der Waals surface area contributed by atoms with E-state index in [4.69, 9.17) is 0 Å². The van der Waals surface area contributed by atoms with E-state index in [9.17, 15) is 18.8 Å². The molecule has 0 aliphatic carbocycles. The van der Waals surface area contributed by atoms with Gasteiger partial charge in [-0.3, -0.25) is 19.3 Å². The summed E-state index contributed by atoms with van der Waals surface area (Å²) in [5, 5.41) is 8.46. The van der Waals surface area contributed by atoms with Gasteiger partial charge in [0.2, 0.25) is 11.8 Å². The highest BCUT2D eigenvalue weighted by Gasteiger charge is 2.25. The second-order valence-corrected chi connectivity index (χ2v) is 8.34. The molecule has 0 atom stereocenters. The number of carbonyl (C=O) groups is 3. The molecule has 0 unspecified atom stereocenters. The van der Waals surface area contributed by atoms with E-state index in [1.165, 1.54) is 6.07 Å². The SMILES string of the molecule is CCNC(=O)c1cccc(NC(=O)CN2CCC(C(=O)NCc3ccc(C)c(F)c3)CC2)c1. The van der Waals surface area contributed by atoms with Crippen molar-refractivity contribution in [3.8, 4) is 0 Å². The molecule has 2 aromatic carbocycles.